The number of pyridine rings is 1. The third-order valence-corrected chi connectivity index (χ3v) is 3.04. The largest absolute Gasteiger partial charge is 0.482 e. The van der Waals surface area contributed by atoms with Gasteiger partial charge in [0.2, 0.25) is 0 Å². The van der Waals surface area contributed by atoms with Gasteiger partial charge in [0.15, 0.2) is 11.4 Å². The summed E-state index contributed by atoms with van der Waals surface area (Å²) in [5, 5.41) is 14.3. The minimum absolute atomic E-state index is 0.000536. The van der Waals surface area contributed by atoms with E-state index in [2.05, 4.69) is 10.3 Å². The van der Waals surface area contributed by atoms with Crippen molar-refractivity contribution in [1.29, 1.82) is 0 Å². The van der Waals surface area contributed by atoms with Crippen molar-refractivity contribution in [3.8, 4) is 5.75 Å². The Morgan fingerprint density at radius 2 is 1.95 bits per heavy atom. The van der Waals surface area contributed by atoms with E-state index in [9.17, 15) is 10.1 Å². The molecule has 2 rings (SSSR count). The minimum Gasteiger partial charge on any atom is -0.482 e. The first kappa shape index (κ1) is 15.8. The number of nitrogens with one attached hydrogen (secondary N) is 1. The van der Waals surface area contributed by atoms with Gasteiger partial charge >= 0.3 is 0 Å². The summed E-state index contributed by atoms with van der Waals surface area (Å²) < 4.78 is 5.89. The van der Waals surface area contributed by atoms with Crippen LogP contribution in [-0.2, 0) is 0 Å². The highest BCUT2D eigenvalue weighted by Crippen LogP contribution is 2.36. The van der Waals surface area contributed by atoms with Crippen LogP contribution in [0.15, 0.2) is 42.6 Å². The van der Waals surface area contributed by atoms with Gasteiger partial charge in [0.1, 0.15) is 6.10 Å². The molecule has 1 heterocycles. The summed E-state index contributed by atoms with van der Waals surface area (Å²) in [6.07, 6.45) is 1.38. The van der Waals surface area contributed by atoms with Crippen molar-refractivity contribution in [3.05, 3.63) is 58.4 Å². The molecule has 1 aromatic carbocycles. The lowest BCUT2D eigenvalue weighted by molar-refractivity contribution is -0.384. The van der Waals surface area contributed by atoms with Crippen LogP contribution in [0.25, 0.3) is 0 Å². The second-order valence-corrected chi connectivity index (χ2v) is 5.22. The molecular weight excluding hydrogens is 282 g/mol. The number of aromatic nitrogens is 1. The maximum atomic E-state index is 11.2. The molecule has 6 nitrogen and oxygen atoms in total. The number of nitrogens with zero attached hydrogens (tertiary/aromatic N) is 2. The summed E-state index contributed by atoms with van der Waals surface area (Å²) >= 11 is 0. The summed E-state index contributed by atoms with van der Waals surface area (Å²) in [6.45, 7) is 5.70. The number of hydrogen-bond acceptors (Lipinski definition) is 5. The third kappa shape index (κ3) is 3.72. The zero-order valence-corrected chi connectivity index (χ0v) is 12.8. The molecule has 0 saturated carbocycles. The van der Waals surface area contributed by atoms with Gasteiger partial charge in [-0.15, -0.1) is 0 Å². The van der Waals surface area contributed by atoms with Gasteiger partial charge in [-0.05, 0) is 39.0 Å². The highest BCUT2D eigenvalue weighted by Gasteiger charge is 2.21. The van der Waals surface area contributed by atoms with E-state index in [0.717, 1.165) is 5.69 Å². The molecule has 0 radical (unpaired) electrons. The summed E-state index contributed by atoms with van der Waals surface area (Å²) in [4.78, 5) is 15.0. The van der Waals surface area contributed by atoms with Crippen LogP contribution in [-0.4, -0.2) is 15.9 Å². The summed E-state index contributed by atoms with van der Waals surface area (Å²) in [6, 6.07) is 10.4. The Kier molecular flexibility index (Phi) is 4.93. The summed E-state index contributed by atoms with van der Waals surface area (Å²) in [5.41, 5.74) is 1.16. The zero-order valence-electron chi connectivity index (χ0n) is 12.8. The average Bonchev–Trinajstić information content (AvgIpc) is 2.49. The fraction of sp³-hybridized carbons (Fsp3) is 0.312. The van der Waals surface area contributed by atoms with E-state index in [4.69, 9.17) is 4.74 Å². The van der Waals surface area contributed by atoms with Crippen LogP contribution in [0.3, 0.4) is 0 Å². The second-order valence-electron chi connectivity index (χ2n) is 5.22. The number of rotatable bonds is 6. The Morgan fingerprint density at radius 1 is 1.18 bits per heavy atom. The van der Waals surface area contributed by atoms with Crippen molar-refractivity contribution in [2.75, 3.05) is 5.32 Å². The van der Waals surface area contributed by atoms with E-state index in [0.29, 0.717) is 11.4 Å². The Bertz CT molecular complexity index is 644. The Balaban J connectivity index is 2.33. The monoisotopic (exact) mass is 301 g/mol. The number of hydrogen-bond donors (Lipinski definition) is 1. The van der Waals surface area contributed by atoms with Crippen molar-refractivity contribution in [3.63, 3.8) is 0 Å². The Morgan fingerprint density at radius 3 is 2.55 bits per heavy atom. The van der Waals surface area contributed by atoms with Crippen molar-refractivity contribution in [2.45, 2.75) is 32.9 Å². The molecule has 0 fully saturated rings. The maximum Gasteiger partial charge on any atom is 0.296 e. The first-order chi connectivity index (χ1) is 10.5. The van der Waals surface area contributed by atoms with Gasteiger partial charge in [0, 0.05) is 18.3 Å². The van der Waals surface area contributed by atoms with Gasteiger partial charge in [0.05, 0.1) is 10.6 Å². The number of nitro groups is 1. The smallest absolute Gasteiger partial charge is 0.296 e. The topological polar surface area (TPSA) is 77.3 Å². The van der Waals surface area contributed by atoms with E-state index in [1.54, 1.807) is 18.3 Å². The quantitative estimate of drug-likeness (QED) is 0.645. The number of nitro benzene ring substituents is 1. The highest BCUT2D eigenvalue weighted by molar-refractivity contribution is 5.70. The molecule has 0 bridgehead atoms. The van der Waals surface area contributed by atoms with Crippen LogP contribution in [0.2, 0.25) is 0 Å². The first-order valence-corrected chi connectivity index (χ1v) is 7.10. The lowest BCUT2D eigenvalue weighted by atomic mass is 10.2. The number of benzene rings is 1. The predicted molar refractivity (Wildman–Crippen MR) is 85.1 cm³/mol. The first-order valence-electron chi connectivity index (χ1n) is 7.10. The summed E-state index contributed by atoms with van der Waals surface area (Å²) in [5.74, 6) is 0.445. The van der Waals surface area contributed by atoms with E-state index in [1.165, 1.54) is 6.07 Å². The van der Waals surface area contributed by atoms with Gasteiger partial charge in [-0.3, -0.25) is 15.1 Å². The highest BCUT2D eigenvalue weighted by atomic mass is 16.6. The average molecular weight is 301 g/mol. The molecule has 0 aliphatic rings. The van der Waals surface area contributed by atoms with Crippen molar-refractivity contribution < 1.29 is 9.66 Å². The molecule has 0 aliphatic carbocycles. The van der Waals surface area contributed by atoms with E-state index in [-0.39, 0.29) is 17.8 Å². The fourth-order valence-electron chi connectivity index (χ4n) is 2.07. The molecule has 1 atom stereocenters. The van der Waals surface area contributed by atoms with Gasteiger partial charge in [-0.25, -0.2) is 0 Å². The molecule has 6 heteroatoms. The Hall–Kier alpha value is -2.63. The molecule has 1 N–H and O–H groups in total. The van der Waals surface area contributed by atoms with Gasteiger partial charge in [0.25, 0.3) is 5.69 Å². The lowest BCUT2D eigenvalue weighted by Crippen LogP contribution is -2.14. The molecule has 22 heavy (non-hydrogen) atoms. The zero-order chi connectivity index (χ0) is 16.1. The SMILES string of the molecule is CC(C)Nc1c(O[C@H](C)c2ccccn2)cccc1[N+](=O)[O-]. The lowest BCUT2D eigenvalue weighted by Gasteiger charge is -2.19. The maximum absolute atomic E-state index is 11.2. The third-order valence-electron chi connectivity index (χ3n) is 3.04. The van der Waals surface area contributed by atoms with E-state index in [1.807, 2.05) is 39.0 Å². The van der Waals surface area contributed by atoms with E-state index >= 15 is 0 Å². The second kappa shape index (κ2) is 6.89. The summed E-state index contributed by atoms with van der Waals surface area (Å²) in [7, 11) is 0. The normalized spacial score (nSPS) is 12.0. The number of ether oxygens (including phenoxy) is 1. The predicted octanol–water partition coefficient (Wildman–Crippen LogP) is 3.95. The van der Waals surface area contributed by atoms with E-state index < -0.39 is 4.92 Å². The van der Waals surface area contributed by atoms with Crippen molar-refractivity contribution in [1.82, 2.24) is 4.98 Å². The fourth-order valence-corrected chi connectivity index (χ4v) is 2.07. The number of para-hydroxylation sites is 1. The molecule has 2 aromatic rings. The molecule has 116 valence electrons. The minimum atomic E-state index is -0.414. The van der Waals surface area contributed by atoms with Crippen molar-refractivity contribution in [2.24, 2.45) is 0 Å². The van der Waals surface area contributed by atoms with Gasteiger partial charge in [-0.2, -0.15) is 0 Å². The molecule has 0 unspecified atom stereocenters. The van der Waals surface area contributed by atoms with Crippen LogP contribution >= 0.6 is 0 Å². The van der Waals surface area contributed by atoms with Crippen LogP contribution in [0.5, 0.6) is 5.75 Å². The van der Waals surface area contributed by atoms with Crippen LogP contribution in [0.4, 0.5) is 11.4 Å². The molecule has 0 aliphatic heterocycles. The number of anilines is 1. The molecular formula is C16H19N3O3. The molecule has 1 aromatic heterocycles. The van der Waals surface area contributed by atoms with Crippen molar-refractivity contribution >= 4 is 11.4 Å². The Labute approximate surface area is 129 Å². The van der Waals surface area contributed by atoms with Crippen LogP contribution < -0.4 is 10.1 Å². The molecule has 0 amide bonds. The van der Waals surface area contributed by atoms with Crippen LogP contribution in [0, 0.1) is 10.1 Å². The van der Waals surface area contributed by atoms with Gasteiger partial charge < -0.3 is 10.1 Å². The standard InChI is InChI=1S/C16H19N3O3/c1-11(2)18-16-14(19(20)21)8-6-9-15(16)22-12(3)13-7-4-5-10-17-13/h4-12,18H,1-3H3/t12-/m1/s1. The molecule has 0 saturated heterocycles. The van der Waals surface area contributed by atoms with Crippen LogP contribution in [0.1, 0.15) is 32.6 Å². The molecule has 0 spiro atoms. The van der Waals surface area contributed by atoms with Gasteiger partial charge in [-0.1, -0.05) is 12.1 Å².